The monoisotopic (exact) mass is 198 g/mol. The molecule has 0 saturated carbocycles. The van der Waals surface area contributed by atoms with Gasteiger partial charge in [0.15, 0.2) is 0 Å². The maximum absolute atomic E-state index is 12.0. The van der Waals surface area contributed by atoms with E-state index in [1.165, 1.54) is 6.42 Å². The van der Waals surface area contributed by atoms with Crippen molar-refractivity contribution in [2.45, 2.75) is 45.7 Å². The standard InChI is InChI=1S/C11H22N2O/c1-8(2)13(4)11(14)10-9(3)6-5-7-12-10/h8-10,12H,5-7H2,1-4H3. The molecule has 0 aromatic heterocycles. The minimum Gasteiger partial charge on any atom is -0.342 e. The maximum Gasteiger partial charge on any atom is 0.239 e. The van der Waals surface area contributed by atoms with Crippen LogP contribution in [0.25, 0.3) is 0 Å². The van der Waals surface area contributed by atoms with Crippen molar-refractivity contribution in [3.8, 4) is 0 Å². The zero-order valence-electron chi connectivity index (χ0n) is 9.71. The van der Waals surface area contributed by atoms with Gasteiger partial charge in [0, 0.05) is 13.1 Å². The fraction of sp³-hybridized carbons (Fsp3) is 0.909. The molecule has 2 atom stereocenters. The normalized spacial score (nSPS) is 27.8. The number of amides is 1. The van der Waals surface area contributed by atoms with Crippen molar-refractivity contribution >= 4 is 5.91 Å². The topological polar surface area (TPSA) is 32.3 Å². The van der Waals surface area contributed by atoms with Gasteiger partial charge in [0.25, 0.3) is 0 Å². The Morgan fingerprint density at radius 2 is 2.14 bits per heavy atom. The molecule has 2 unspecified atom stereocenters. The molecule has 1 amide bonds. The van der Waals surface area contributed by atoms with E-state index in [0.29, 0.717) is 12.0 Å². The number of carbonyl (C=O) groups is 1. The fourth-order valence-electron chi connectivity index (χ4n) is 1.85. The molecule has 0 radical (unpaired) electrons. The highest BCUT2D eigenvalue weighted by Crippen LogP contribution is 2.17. The number of hydrogen-bond acceptors (Lipinski definition) is 2. The minimum atomic E-state index is 0.0381. The molecule has 0 aromatic carbocycles. The minimum absolute atomic E-state index is 0.0381. The highest BCUT2D eigenvalue weighted by Gasteiger charge is 2.30. The average Bonchev–Trinajstić information content (AvgIpc) is 2.16. The Kier molecular flexibility index (Phi) is 3.93. The van der Waals surface area contributed by atoms with Crippen molar-refractivity contribution in [1.29, 1.82) is 0 Å². The number of carbonyl (C=O) groups excluding carboxylic acids is 1. The highest BCUT2D eigenvalue weighted by atomic mass is 16.2. The first-order valence-corrected chi connectivity index (χ1v) is 5.54. The summed E-state index contributed by atoms with van der Waals surface area (Å²) in [6.45, 7) is 7.23. The van der Waals surface area contributed by atoms with Gasteiger partial charge in [0.1, 0.15) is 0 Å². The summed E-state index contributed by atoms with van der Waals surface area (Å²) in [6, 6.07) is 0.328. The Balaban J connectivity index is 2.58. The molecule has 1 heterocycles. The molecule has 0 spiro atoms. The van der Waals surface area contributed by atoms with Crippen molar-refractivity contribution in [1.82, 2.24) is 10.2 Å². The summed E-state index contributed by atoms with van der Waals surface area (Å²) in [5.74, 6) is 0.713. The first-order chi connectivity index (χ1) is 6.54. The van der Waals surface area contributed by atoms with E-state index in [1.807, 2.05) is 25.8 Å². The molecule has 3 heteroatoms. The first-order valence-electron chi connectivity index (χ1n) is 5.54. The third-order valence-electron chi connectivity index (χ3n) is 3.16. The van der Waals surface area contributed by atoms with Crippen molar-refractivity contribution in [2.24, 2.45) is 5.92 Å². The van der Waals surface area contributed by atoms with E-state index in [9.17, 15) is 4.79 Å². The lowest BCUT2D eigenvalue weighted by Crippen LogP contribution is -2.52. The summed E-state index contributed by atoms with van der Waals surface area (Å²) >= 11 is 0. The lowest BCUT2D eigenvalue weighted by atomic mass is 9.91. The van der Waals surface area contributed by atoms with E-state index in [1.54, 1.807) is 0 Å². The molecule has 3 nitrogen and oxygen atoms in total. The highest BCUT2D eigenvalue weighted by molar-refractivity contribution is 5.82. The van der Waals surface area contributed by atoms with Gasteiger partial charge in [-0.2, -0.15) is 0 Å². The smallest absolute Gasteiger partial charge is 0.239 e. The summed E-state index contributed by atoms with van der Waals surface area (Å²) in [7, 11) is 1.88. The Morgan fingerprint density at radius 3 is 2.64 bits per heavy atom. The third kappa shape index (κ3) is 2.47. The zero-order valence-corrected chi connectivity index (χ0v) is 9.71. The number of piperidine rings is 1. The van der Waals surface area contributed by atoms with Crippen LogP contribution < -0.4 is 5.32 Å². The molecule has 0 aliphatic carbocycles. The third-order valence-corrected chi connectivity index (χ3v) is 3.16. The maximum atomic E-state index is 12.0. The van der Waals surface area contributed by atoms with Gasteiger partial charge in [-0.1, -0.05) is 6.92 Å². The molecule has 0 bridgehead atoms. The lowest BCUT2D eigenvalue weighted by molar-refractivity contribution is -0.135. The summed E-state index contributed by atoms with van der Waals surface area (Å²) < 4.78 is 0. The van der Waals surface area contributed by atoms with Gasteiger partial charge >= 0.3 is 0 Å². The second-order valence-corrected chi connectivity index (χ2v) is 4.59. The van der Waals surface area contributed by atoms with Gasteiger partial charge in [-0.25, -0.2) is 0 Å². The van der Waals surface area contributed by atoms with Gasteiger partial charge in [0.2, 0.25) is 5.91 Å². The van der Waals surface area contributed by atoms with E-state index in [0.717, 1.165) is 13.0 Å². The Hall–Kier alpha value is -0.570. The lowest BCUT2D eigenvalue weighted by Gasteiger charge is -2.33. The molecule has 1 aliphatic heterocycles. The SMILES string of the molecule is CC1CCCNC1C(=O)N(C)C(C)C. The summed E-state index contributed by atoms with van der Waals surface area (Å²) in [4.78, 5) is 13.8. The molecule has 14 heavy (non-hydrogen) atoms. The van der Waals surface area contributed by atoms with Gasteiger partial charge in [-0.3, -0.25) is 4.79 Å². The number of nitrogens with one attached hydrogen (secondary N) is 1. The fourth-order valence-corrected chi connectivity index (χ4v) is 1.85. The largest absolute Gasteiger partial charge is 0.342 e. The van der Waals surface area contributed by atoms with Crippen molar-refractivity contribution in [3.63, 3.8) is 0 Å². The molecule has 1 rings (SSSR count). The molecule has 82 valence electrons. The van der Waals surface area contributed by atoms with Crippen LogP contribution in [0.1, 0.15) is 33.6 Å². The average molecular weight is 198 g/mol. The predicted octanol–water partition coefficient (Wildman–Crippen LogP) is 1.24. The van der Waals surface area contributed by atoms with Crippen molar-refractivity contribution in [2.75, 3.05) is 13.6 Å². The molecule has 1 aliphatic rings. The Bertz CT molecular complexity index is 203. The van der Waals surface area contributed by atoms with Crippen LogP contribution >= 0.6 is 0 Å². The van der Waals surface area contributed by atoms with E-state index >= 15 is 0 Å². The van der Waals surface area contributed by atoms with Crippen LogP contribution in [0.2, 0.25) is 0 Å². The van der Waals surface area contributed by atoms with Gasteiger partial charge in [0.05, 0.1) is 6.04 Å². The molecule has 1 saturated heterocycles. The van der Waals surface area contributed by atoms with Crippen molar-refractivity contribution < 1.29 is 4.79 Å². The zero-order chi connectivity index (χ0) is 10.7. The second kappa shape index (κ2) is 4.78. The second-order valence-electron chi connectivity index (χ2n) is 4.59. The quantitative estimate of drug-likeness (QED) is 0.724. The number of hydrogen-bond donors (Lipinski definition) is 1. The van der Waals surface area contributed by atoms with E-state index in [-0.39, 0.29) is 11.9 Å². The van der Waals surface area contributed by atoms with Crippen LogP contribution in [0.3, 0.4) is 0 Å². The predicted molar refractivity (Wildman–Crippen MR) is 58.1 cm³/mol. The van der Waals surface area contributed by atoms with E-state index < -0.39 is 0 Å². The summed E-state index contributed by atoms with van der Waals surface area (Å²) in [5, 5.41) is 3.31. The molecule has 1 fully saturated rings. The van der Waals surface area contributed by atoms with Crippen LogP contribution in [-0.4, -0.2) is 36.5 Å². The van der Waals surface area contributed by atoms with Crippen LogP contribution in [0, 0.1) is 5.92 Å². The Morgan fingerprint density at radius 1 is 1.50 bits per heavy atom. The molecule has 1 N–H and O–H groups in total. The Labute approximate surface area is 86.9 Å². The molecular weight excluding hydrogens is 176 g/mol. The van der Waals surface area contributed by atoms with Gasteiger partial charge in [-0.15, -0.1) is 0 Å². The molecular formula is C11H22N2O. The number of rotatable bonds is 2. The van der Waals surface area contributed by atoms with Crippen LogP contribution in [0.15, 0.2) is 0 Å². The van der Waals surface area contributed by atoms with Crippen LogP contribution in [0.5, 0.6) is 0 Å². The van der Waals surface area contributed by atoms with E-state index in [2.05, 4.69) is 12.2 Å². The van der Waals surface area contributed by atoms with Gasteiger partial charge in [-0.05, 0) is 39.2 Å². The summed E-state index contributed by atoms with van der Waals surface area (Å²) in [6.07, 6.45) is 2.35. The molecule has 0 aromatic rings. The van der Waals surface area contributed by atoms with Gasteiger partial charge < -0.3 is 10.2 Å². The number of nitrogens with zero attached hydrogens (tertiary/aromatic N) is 1. The van der Waals surface area contributed by atoms with E-state index in [4.69, 9.17) is 0 Å². The van der Waals surface area contributed by atoms with Crippen LogP contribution in [0.4, 0.5) is 0 Å². The summed E-state index contributed by atoms with van der Waals surface area (Å²) in [5.41, 5.74) is 0. The number of likely N-dealkylation sites (N-methyl/N-ethyl adjacent to an activating group) is 1. The van der Waals surface area contributed by atoms with Crippen LogP contribution in [-0.2, 0) is 4.79 Å². The first kappa shape index (κ1) is 11.5. The van der Waals surface area contributed by atoms with Crippen molar-refractivity contribution in [3.05, 3.63) is 0 Å².